The first-order chi connectivity index (χ1) is 16.6. The van der Waals surface area contributed by atoms with Gasteiger partial charge in [-0.2, -0.15) is 0 Å². The average molecular weight is 451 g/mol. The van der Waals surface area contributed by atoms with Crippen LogP contribution in [0.25, 0.3) is 33.3 Å². The molecule has 0 amide bonds. The molecule has 0 bridgehead atoms. The molecule has 34 heavy (non-hydrogen) atoms. The third-order valence-corrected chi connectivity index (χ3v) is 6.25. The molecule has 4 heteroatoms. The molecule has 5 aromatic rings. The van der Waals surface area contributed by atoms with Crippen LogP contribution in [0.15, 0.2) is 95.6 Å². The van der Waals surface area contributed by atoms with E-state index in [1.54, 1.807) is 6.26 Å². The number of aromatic nitrogens is 1. The molecule has 0 saturated heterocycles. The van der Waals surface area contributed by atoms with Crippen molar-refractivity contribution in [1.82, 2.24) is 9.88 Å². The fourth-order valence-electron chi connectivity index (χ4n) is 4.91. The van der Waals surface area contributed by atoms with Gasteiger partial charge in [-0.1, -0.05) is 72.3 Å². The number of aryl methyl sites for hydroxylation is 2. The van der Waals surface area contributed by atoms with Crippen LogP contribution >= 0.6 is 0 Å². The lowest BCUT2D eigenvalue weighted by Crippen LogP contribution is -2.30. The molecule has 172 valence electrons. The van der Waals surface area contributed by atoms with Crippen molar-refractivity contribution < 1.29 is 9.52 Å². The van der Waals surface area contributed by atoms with Crippen LogP contribution in [0.3, 0.4) is 0 Å². The van der Waals surface area contributed by atoms with E-state index in [0.717, 1.165) is 17.0 Å². The Morgan fingerprint density at radius 1 is 0.882 bits per heavy atom. The minimum absolute atomic E-state index is 0.472. The Kier molecular flexibility index (Phi) is 6.35. The molecule has 5 rings (SSSR count). The predicted molar refractivity (Wildman–Crippen MR) is 139 cm³/mol. The molecule has 0 aliphatic rings. The van der Waals surface area contributed by atoms with Crippen molar-refractivity contribution in [2.45, 2.75) is 33.0 Å². The van der Waals surface area contributed by atoms with Crippen LogP contribution in [0.4, 0.5) is 0 Å². The van der Waals surface area contributed by atoms with Gasteiger partial charge >= 0.3 is 0 Å². The Balaban J connectivity index is 1.62. The number of aliphatic hydroxyl groups is 1. The topological polar surface area (TPSA) is 50.3 Å². The Labute approximate surface area is 200 Å². The van der Waals surface area contributed by atoms with Crippen molar-refractivity contribution >= 4 is 10.9 Å². The van der Waals surface area contributed by atoms with E-state index in [4.69, 9.17) is 4.42 Å². The lowest BCUT2D eigenvalue weighted by molar-refractivity contribution is 0.152. The summed E-state index contributed by atoms with van der Waals surface area (Å²) in [6.07, 6.45) is 1.11. The van der Waals surface area contributed by atoms with E-state index in [2.05, 4.69) is 90.5 Å². The van der Waals surface area contributed by atoms with Crippen LogP contribution in [0.1, 0.15) is 16.9 Å². The molecule has 2 aromatic heterocycles. The van der Waals surface area contributed by atoms with Crippen molar-refractivity contribution in [3.05, 3.63) is 108 Å². The van der Waals surface area contributed by atoms with Gasteiger partial charge in [0.15, 0.2) is 0 Å². The van der Waals surface area contributed by atoms with Crippen molar-refractivity contribution in [3.8, 4) is 22.4 Å². The lowest BCUT2D eigenvalue weighted by atomic mass is 9.97. The highest BCUT2D eigenvalue weighted by molar-refractivity contribution is 6.06. The molecule has 4 nitrogen and oxygen atoms in total. The molecular formula is C30H30N2O2. The molecule has 0 aliphatic heterocycles. The lowest BCUT2D eigenvalue weighted by Gasteiger charge is -2.18. The van der Waals surface area contributed by atoms with E-state index in [1.165, 1.54) is 33.2 Å². The number of aliphatic hydroxyl groups excluding tert-OH is 1. The molecule has 0 fully saturated rings. The fraction of sp³-hybridized carbons (Fsp3) is 0.200. The van der Waals surface area contributed by atoms with Gasteiger partial charge in [-0.05, 0) is 48.7 Å². The summed E-state index contributed by atoms with van der Waals surface area (Å²) in [7, 11) is 0. The summed E-state index contributed by atoms with van der Waals surface area (Å²) < 4.78 is 7.70. The summed E-state index contributed by atoms with van der Waals surface area (Å²) in [5.41, 5.74) is 8.30. The van der Waals surface area contributed by atoms with Crippen LogP contribution in [-0.2, 0) is 13.1 Å². The van der Waals surface area contributed by atoms with E-state index in [9.17, 15) is 5.11 Å². The molecule has 0 spiro atoms. The van der Waals surface area contributed by atoms with Gasteiger partial charge in [-0.15, -0.1) is 0 Å². The standard InChI is InChI=1S/C30H30N2O2/c1-21-16-22(2)29-27(17-21)28(23-10-5-3-6-11-23)30(24-12-7-4-8-13-24)32(29)20-25(33)18-31-19-26-14-9-15-34-26/h3-17,25,31,33H,18-20H2,1-2H3. The van der Waals surface area contributed by atoms with Crippen molar-refractivity contribution in [3.63, 3.8) is 0 Å². The maximum absolute atomic E-state index is 11.1. The number of fused-ring (bicyclic) bond motifs is 1. The average Bonchev–Trinajstić information content (AvgIpc) is 3.46. The van der Waals surface area contributed by atoms with Crippen LogP contribution in [-0.4, -0.2) is 22.3 Å². The number of hydrogen-bond donors (Lipinski definition) is 2. The highest BCUT2D eigenvalue weighted by Crippen LogP contribution is 2.42. The first-order valence-electron chi connectivity index (χ1n) is 11.8. The Morgan fingerprint density at radius 3 is 2.26 bits per heavy atom. The Morgan fingerprint density at radius 2 is 1.59 bits per heavy atom. The molecule has 1 unspecified atom stereocenters. The molecule has 0 radical (unpaired) electrons. The monoisotopic (exact) mass is 450 g/mol. The fourth-order valence-corrected chi connectivity index (χ4v) is 4.91. The van der Waals surface area contributed by atoms with E-state index in [-0.39, 0.29) is 0 Å². The maximum Gasteiger partial charge on any atom is 0.117 e. The molecule has 3 aromatic carbocycles. The number of rotatable bonds is 8. The summed E-state index contributed by atoms with van der Waals surface area (Å²) >= 11 is 0. The van der Waals surface area contributed by atoms with Crippen LogP contribution < -0.4 is 5.32 Å². The van der Waals surface area contributed by atoms with Gasteiger partial charge in [0.1, 0.15) is 5.76 Å². The number of nitrogens with one attached hydrogen (secondary N) is 1. The smallest absolute Gasteiger partial charge is 0.117 e. The Bertz CT molecular complexity index is 1370. The minimum Gasteiger partial charge on any atom is -0.468 e. The summed E-state index contributed by atoms with van der Waals surface area (Å²) in [4.78, 5) is 0. The maximum atomic E-state index is 11.1. The van der Waals surface area contributed by atoms with Crippen molar-refractivity contribution in [2.75, 3.05) is 6.54 Å². The van der Waals surface area contributed by atoms with Crippen LogP contribution in [0.2, 0.25) is 0 Å². The normalized spacial score (nSPS) is 12.3. The summed E-state index contributed by atoms with van der Waals surface area (Å²) in [6.45, 7) is 5.86. The quantitative estimate of drug-likeness (QED) is 0.290. The summed E-state index contributed by atoms with van der Waals surface area (Å²) in [6, 6.07) is 29.4. The van der Waals surface area contributed by atoms with Gasteiger partial charge in [0.05, 0.1) is 36.7 Å². The van der Waals surface area contributed by atoms with Gasteiger partial charge in [0, 0.05) is 17.5 Å². The number of furan rings is 1. The zero-order chi connectivity index (χ0) is 23.5. The van der Waals surface area contributed by atoms with Crippen molar-refractivity contribution in [2.24, 2.45) is 0 Å². The molecular weight excluding hydrogens is 420 g/mol. The first kappa shape index (κ1) is 22.2. The third kappa shape index (κ3) is 4.43. The first-order valence-corrected chi connectivity index (χ1v) is 11.8. The summed E-state index contributed by atoms with van der Waals surface area (Å²) in [5.74, 6) is 0.862. The molecule has 1 atom stereocenters. The highest BCUT2D eigenvalue weighted by atomic mass is 16.3. The Hall–Kier alpha value is -3.60. The minimum atomic E-state index is -0.558. The third-order valence-electron chi connectivity index (χ3n) is 6.25. The van der Waals surface area contributed by atoms with Gasteiger partial charge in [-0.3, -0.25) is 0 Å². The summed E-state index contributed by atoms with van der Waals surface area (Å²) in [5, 5.41) is 15.6. The molecule has 0 saturated carbocycles. The van der Waals surface area contributed by atoms with Gasteiger partial charge in [-0.25, -0.2) is 0 Å². The predicted octanol–water partition coefficient (Wildman–Crippen LogP) is 6.34. The van der Waals surface area contributed by atoms with E-state index in [1.807, 2.05) is 18.2 Å². The van der Waals surface area contributed by atoms with Crippen LogP contribution in [0.5, 0.6) is 0 Å². The zero-order valence-electron chi connectivity index (χ0n) is 19.7. The number of nitrogens with zero attached hydrogens (tertiary/aromatic N) is 1. The van der Waals surface area contributed by atoms with Gasteiger partial charge in [0.25, 0.3) is 0 Å². The van der Waals surface area contributed by atoms with Gasteiger partial charge < -0.3 is 19.4 Å². The largest absolute Gasteiger partial charge is 0.468 e. The second-order valence-electron chi connectivity index (χ2n) is 8.91. The van der Waals surface area contributed by atoms with Crippen LogP contribution in [0, 0.1) is 13.8 Å². The van der Waals surface area contributed by atoms with E-state index >= 15 is 0 Å². The highest BCUT2D eigenvalue weighted by Gasteiger charge is 2.23. The molecule has 0 aliphatic carbocycles. The molecule has 2 heterocycles. The second-order valence-corrected chi connectivity index (χ2v) is 8.91. The van der Waals surface area contributed by atoms with E-state index in [0.29, 0.717) is 19.6 Å². The second kappa shape index (κ2) is 9.72. The van der Waals surface area contributed by atoms with Gasteiger partial charge in [0.2, 0.25) is 0 Å². The zero-order valence-corrected chi connectivity index (χ0v) is 19.7. The SMILES string of the molecule is Cc1cc(C)c2c(c1)c(-c1ccccc1)c(-c1ccccc1)n2CC(O)CNCc1ccco1. The number of hydrogen-bond acceptors (Lipinski definition) is 3. The van der Waals surface area contributed by atoms with E-state index < -0.39 is 6.10 Å². The molecule has 2 N–H and O–H groups in total. The number of benzene rings is 3. The van der Waals surface area contributed by atoms with Crippen molar-refractivity contribution in [1.29, 1.82) is 0 Å².